The maximum atomic E-state index is 12.5. The molecule has 2 aliphatic rings. The van der Waals surface area contributed by atoms with Crippen LogP contribution >= 0.6 is 0 Å². The van der Waals surface area contributed by atoms with E-state index in [2.05, 4.69) is 22.2 Å². The van der Waals surface area contributed by atoms with Crippen molar-refractivity contribution in [1.82, 2.24) is 14.7 Å². The van der Waals surface area contributed by atoms with Gasteiger partial charge in [-0.1, -0.05) is 13.3 Å². The average molecular weight is 319 g/mol. The highest BCUT2D eigenvalue weighted by Crippen LogP contribution is 2.27. The highest BCUT2D eigenvalue weighted by molar-refractivity contribution is 5.91. The van der Waals surface area contributed by atoms with Crippen molar-refractivity contribution >= 4 is 11.7 Å². The van der Waals surface area contributed by atoms with E-state index in [0.717, 1.165) is 64.0 Å². The van der Waals surface area contributed by atoms with Gasteiger partial charge in [-0.3, -0.25) is 4.79 Å². The fraction of sp³-hybridized carbons (Fsp3) is 0.765. The number of amides is 1. The van der Waals surface area contributed by atoms with E-state index in [0.29, 0.717) is 6.04 Å². The number of rotatable bonds is 4. The SMILES string of the molecule is CCN1CCC(n2nccc2NC(=O)C2CCCC(N)C2)CC1. The summed E-state index contributed by atoms with van der Waals surface area (Å²) in [5.41, 5.74) is 6.01. The number of likely N-dealkylation sites (tertiary alicyclic amines) is 1. The summed E-state index contributed by atoms with van der Waals surface area (Å²) in [6, 6.07) is 2.46. The number of nitrogens with two attached hydrogens (primary N) is 1. The molecule has 3 rings (SSSR count). The van der Waals surface area contributed by atoms with Crippen LogP contribution in [0.4, 0.5) is 5.82 Å². The second kappa shape index (κ2) is 7.45. The quantitative estimate of drug-likeness (QED) is 0.890. The molecule has 2 heterocycles. The van der Waals surface area contributed by atoms with Gasteiger partial charge in [-0.15, -0.1) is 0 Å². The van der Waals surface area contributed by atoms with Crippen molar-refractivity contribution in [2.24, 2.45) is 11.7 Å². The molecule has 0 radical (unpaired) electrons. The summed E-state index contributed by atoms with van der Waals surface area (Å²) in [5, 5.41) is 7.56. The van der Waals surface area contributed by atoms with E-state index in [1.165, 1.54) is 0 Å². The standard InChI is InChI=1S/C17H29N5O/c1-2-21-10-7-15(8-11-21)22-16(6-9-19-22)20-17(23)13-4-3-5-14(18)12-13/h6,9,13-15H,2-5,7-8,10-12,18H2,1H3,(H,20,23). The molecule has 1 saturated carbocycles. The molecular weight excluding hydrogens is 290 g/mol. The van der Waals surface area contributed by atoms with Crippen LogP contribution in [0.15, 0.2) is 12.3 Å². The molecule has 1 amide bonds. The van der Waals surface area contributed by atoms with Crippen LogP contribution in [0.5, 0.6) is 0 Å². The molecule has 3 N–H and O–H groups in total. The Bertz CT molecular complexity index is 521. The summed E-state index contributed by atoms with van der Waals surface area (Å²) in [4.78, 5) is 15.0. The number of nitrogens with one attached hydrogen (secondary N) is 1. The van der Waals surface area contributed by atoms with Gasteiger partial charge in [0.15, 0.2) is 0 Å². The third-order valence-electron chi connectivity index (χ3n) is 5.36. The van der Waals surface area contributed by atoms with Crippen molar-refractivity contribution in [1.29, 1.82) is 0 Å². The van der Waals surface area contributed by atoms with E-state index in [4.69, 9.17) is 5.73 Å². The van der Waals surface area contributed by atoms with Crippen molar-refractivity contribution in [3.63, 3.8) is 0 Å². The summed E-state index contributed by atoms with van der Waals surface area (Å²) < 4.78 is 2.01. The van der Waals surface area contributed by atoms with Gasteiger partial charge >= 0.3 is 0 Å². The molecule has 1 aromatic heterocycles. The van der Waals surface area contributed by atoms with E-state index >= 15 is 0 Å². The highest BCUT2D eigenvalue weighted by Gasteiger charge is 2.27. The molecule has 6 nitrogen and oxygen atoms in total. The van der Waals surface area contributed by atoms with E-state index in [1.807, 2.05) is 10.7 Å². The predicted octanol–water partition coefficient (Wildman–Crippen LogP) is 2.00. The Hall–Kier alpha value is -1.40. The minimum atomic E-state index is 0.0454. The van der Waals surface area contributed by atoms with Crippen LogP contribution in [-0.4, -0.2) is 46.3 Å². The van der Waals surface area contributed by atoms with Gasteiger partial charge in [0.2, 0.25) is 5.91 Å². The van der Waals surface area contributed by atoms with Crippen LogP contribution in [0.25, 0.3) is 0 Å². The van der Waals surface area contributed by atoms with Crippen molar-refractivity contribution < 1.29 is 4.79 Å². The fourth-order valence-electron chi connectivity index (χ4n) is 3.88. The van der Waals surface area contributed by atoms with Crippen LogP contribution in [-0.2, 0) is 4.79 Å². The second-order valence-corrected chi connectivity index (χ2v) is 6.94. The molecule has 23 heavy (non-hydrogen) atoms. The number of carbonyl (C=O) groups is 1. The zero-order valence-electron chi connectivity index (χ0n) is 14.1. The van der Waals surface area contributed by atoms with Crippen LogP contribution in [0.3, 0.4) is 0 Å². The van der Waals surface area contributed by atoms with E-state index in [1.54, 1.807) is 6.20 Å². The van der Waals surface area contributed by atoms with Crippen molar-refractivity contribution in [3.05, 3.63) is 12.3 Å². The molecule has 1 aromatic rings. The summed E-state index contributed by atoms with van der Waals surface area (Å²) in [7, 11) is 0. The van der Waals surface area contributed by atoms with Crippen LogP contribution < -0.4 is 11.1 Å². The lowest BCUT2D eigenvalue weighted by Crippen LogP contribution is -2.36. The van der Waals surface area contributed by atoms with Gasteiger partial charge in [0.1, 0.15) is 5.82 Å². The summed E-state index contributed by atoms with van der Waals surface area (Å²) in [6.45, 7) is 5.52. The number of hydrogen-bond acceptors (Lipinski definition) is 4. The number of anilines is 1. The Kier molecular flexibility index (Phi) is 5.33. The predicted molar refractivity (Wildman–Crippen MR) is 91.2 cm³/mol. The van der Waals surface area contributed by atoms with Gasteiger partial charge in [0.25, 0.3) is 0 Å². The van der Waals surface area contributed by atoms with Crippen LogP contribution in [0, 0.1) is 5.92 Å². The van der Waals surface area contributed by atoms with Crippen molar-refractivity contribution in [2.75, 3.05) is 25.0 Å². The zero-order valence-corrected chi connectivity index (χ0v) is 14.1. The maximum Gasteiger partial charge on any atom is 0.228 e. The molecule has 6 heteroatoms. The number of hydrogen-bond donors (Lipinski definition) is 2. The minimum absolute atomic E-state index is 0.0454. The second-order valence-electron chi connectivity index (χ2n) is 6.94. The summed E-state index contributed by atoms with van der Waals surface area (Å²) in [5.74, 6) is 0.987. The largest absolute Gasteiger partial charge is 0.328 e. The number of aromatic nitrogens is 2. The lowest BCUT2D eigenvalue weighted by Gasteiger charge is -2.32. The van der Waals surface area contributed by atoms with Gasteiger partial charge in [-0.05, 0) is 38.6 Å². The van der Waals surface area contributed by atoms with Crippen LogP contribution in [0.2, 0.25) is 0 Å². The third-order valence-corrected chi connectivity index (χ3v) is 5.36. The van der Waals surface area contributed by atoms with Gasteiger partial charge in [-0.25, -0.2) is 4.68 Å². The summed E-state index contributed by atoms with van der Waals surface area (Å²) in [6.07, 6.45) is 7.80. The van der Waals surface area contributed by atoms with E-state index in [9.17, 15) is 4.79 Å². The first-order valence-electron chi connectivity index (χ1n) is 8.99. The van der Waals surface area contributed by atoms with Gasteiger partial charge in [-0.2, -0.15) is 5.10 Å². The van der Waals surface area contributed by atoms with Crippen molar-refractivity contribution in [2.45, 2.75) is 57.5 Å². The smallest absolute Gasteiger partial charge is 0.228 e. The van der Waals surface area contributed by atoms with Crippen molar-refractivity contribution in [3.8, 4) is 0 Å². The molecule has 2 fully saturated rings. The fourth-order valence-corrected chi connectivity index (χ4v) is 3.88. The monoisotopic (exact) mass is 319 g/mol. The maximum absolute atomic E-state index is 12.5. The topological polar surface area (TPSA) is 76.2 Å². The highest BCUT2D eigenvalue weighted by atomic mass is 16.2. The Labute approximate surface area is 138 Å². The van der Waals surface area contributed by atoms with Gasteiger partial charge in [0.05, 0.1) is 12.2 Å². The Morgan fingerprint density at radius 3 is 2.83 bits per heavy atom. The molecule has 1 aliphatic heterocycles. The molecular formula is C17H29N5O. The van der Waals surface area contributed by atoms with Crippen LogP contribution in [0.1, 0.15) is 51.5 Å². The molecule has 2 unspecified atom stereocenters. The van der Waals surface area contributed by atoms with Gasteiger partial charge in [0, 0.05) is 31.1 Å². The molecule has 0 bridgehead atoms. The number of nitrogens with zero attached hydrogens (tertiary/aromatic N) is 3. The first-order valence-corrected chi connectivity index (χ1v) is 8.99. The number of carbonyl (C=O) groups excluding carboxylic acids is 1. The Balaban J connectivity index is 1.61. The van der Waals surface area contributed by atoms with E-state index in [-0.39, 0.29) is 17.9 Å². The molecule has 0 aromatic carbocycles. The lowest BCUT2D eigenvalue weighted by atomic mass is 9.85. The molecule has 2 atom stereocenters. The summed E-state index contributed by atoms with van der Waals surface area (Å²) >= 11 is 0. The Morgan fingerprint density at radius 1 is 1.35 bits per heavy atom. The molecule has 1 aliphatic carbocycles. The third kappa shape index (κ3) is 3.93. The Morgan fingerprint density at radius 2 is 2.13 bits per heavy atom. The normalized spacial score (nSPS) is 27.0. The molecule has 1 saturated heterocycles. The average Bonchev–Trinajstić information content (AvgIpc) is 3.03. The molecule has 128 valence electrons. The lowest BCUT2D eigenvalue weighted by molar-refractivity contribution is -0.121. The number of piperidine rings is 1. The van der Waals surface area contributed by atoms with Gasteiger partial charge < -0.3 is 16.0 Å². The minimum Gasteiger partial charge on any atom is -0.328 e. The first kappa shape index (κ1) is 16.5. The first-order chi connectivity index (χ1) is 11.2. The van der Waals surface area contributed by atoms with E-state index < -0.39 is 0 Å². The molecule has 0 spiro atoms. The zero-order chi connectivity index (χ0) is 16.2.